The summed E-state index contributed by atoms with van der Waals surface area (Å²) in [7, 11) is 0. The van der Waals surface area contributed by atoms with Crippen LogP contribution in [0.4, 0.5) is 0 Å². The first-order valence-corrected chi connectivity index (χ1v) is 7.43. The average Bonchev–Trinajstić information content (AvgIpc) is 2.50. The molecule has 0 saturated heterocycles. The highest BCUT2D eigenvalue weighted by molar-refractivity contribution is 6.31. The van der Waals surface area contributed by atoms with Crippen molar-refractivity contribution < 1.29 is 5.11 Å². The fourth-order valence-electron chi connectivity index (χ4n) is 2.58. The summed E-state index contributed by atoms with van der Waals surface area (Å²) in [6, 6.07) is 20.3. The molecular weight excluding hydrogens is 280 g/mol. The normalized spacial score (nSPS) is 12.5. The number of benzene rings is 3. The van der Waals surface area contributed by atoms with Crippen molar-refractivity contribution in [2.45, 2.75) is 19.4 Å². The van der Waals surface area contributed by atoms with Gasteiger partial charge in [0.1, 0.15) is 0 Å². The van der Waals surface area contributed by atoms with Crippen molar-refractivity contribution in [3.63, 3.8) is 0 Å². The monoisotopic (exact) mass is 296 g/mol. The summed E-state index contributed by atoms with van der Waals surface area (Å²) in [6.07, 6.45) is 0.0912. The van der Waals surface area contributed by atoms with Gasteiger partial charge in [-0.3, -0.25) is 0 Å². The third-order valence-corrected chi connectivity index (χ3v) is 4.23. The van der Waals surface area contributed by atoms with Crippen molar-refractivity contribution in [2.24, 2.45) is 0 Å². The zero-order valence-corrected chi connectivity index (χ0v) is 12.6. The lowest BCUT2D eigenvalue weighted by molar-refractivity contribution is 0.178. The molecular formula is C19H17ClO. The molecule has 0 saturated carbocycles. The standard InChI is InChI=1S/C19H17ClO/c1-13-10-17(8-9-18(13)20)19(21)12-14-6-7-15-4-2-3-5-16(15)11-14/h2-11,19,21H,12H2,1H3. The molecule has 3 aromatic carbocycles. The molecule has 1 unspecified atom stereocenters. The highest BCUT2D eigenvalue weighted by Gasteiger charge is 2.10. The minimum Gasteiger partial charge on any atom is -0.388 e. The van der Waals surface area contributed by atoms with E-state index in [1.807, 2.05) is 37.3 Å². The Morgan fingerprint density at radius 2 is 1.71 bits per heavy atom. The Hall–Kier alpha value is -1.83. The number of rotatable bonds is 3. The van der Waals surface area contributed by atoms with Crippen LogP contribution in [-0.2, 0) is 6.42 Å². The van der Waals surface area contributed by atoms with Gasteiger partial charge < -0.3 is 5.11 Å². The van der Waals surface area contributed by atoms with Crippen molar-refractivity contribution in [3.8, 4) is 0 Å². The quantitative estimate of drug-likeness (QED) is 0.715. The minimum absolute atomic E-state index is 0.512. The van der Waals surface area contributed by atoms with Gasteiger partial charge in [0.2, 0.25) is 0 Å². The number of aryl methyl sites for hydroxylation is 1. The highest BCUT2D eigenvalue weighted by Crippen LogP contribution is 2.24. The first kappa shape index (κ1) is 14.1. The van der Waals surface area contributed by atoms with E-state index in [4.69, 9.17) is 11.6 Å². The number of hydrogen-bond donors (Lipinski definition) is 1. The van der Waals surface area contributed by atoms with E-state index in [2.05, 4.69) is 30.3 Å². The molecule has 0 bridgehead atoms. The predicted octanol–water partition coefficient (Wildman–Crippen LogP) is 5.08. The highest BCUT2D eigenvalue weighted by atomic mass is 35.5. The number of aliphatic hydroxyl groups is 1. The van der Waals surface area contributed by atoms with E-state index in [9.17, 15) is 5.11 Å². The van der Waals surface area contributed by atoms with Crippen molar-refractivity contribution >= 4 is 22.4 Å². The summed E-state index contributed by atoms with van der Waals surface area (Å²) in [5.74, 6) is 0. The van der Waals surface area contributed by atoms with Gasteiger partial charge >= 0.3 is 0 Å². The molecule has 0 aliphatic heterocycles. The second-order valence-electron chi connectivity index (χ2n) is 5.41. The third kappa shape index (κ3) is 3.10. The Labute approximate surface area is 129 Å². The van der Waals surface area contributed by atoms with Crippen LogP contribution in [0.5, 0.6) is 0 Å². The molecule has 1 N–H and O–H groups in total. The molecule has 106 valence electrons. The Bertz CT molecular complexity index is 779. The van der Waals surface area contributed by atoms with Gasteiger partial charge in [0.05, 0.1) is 6.10 Å². The molecule has 1 atom stereocenters. The number of halogens is 1. The van der Waals surface area contributed by atoms with Crippen LogP contribution in [0.25, 0.3) is 10.8 Å². The van der Waals surface area contributed by atoms with Gasteiger partial charge in [-0.25, -0.2) is 0 Å². The van der Waals surface area contributed by atoms with Crippen LogP contribution in [0.15, 0.2) is 60.7 Å². The second kappa shape index (κ2) is 5.88. The lowest BCUT2D eigenvalue weighted by Gasteiger charge is -2.13. The lowest BCUT2D eigenvalue weighted by atomic mass is 9.98. The molecule has 1 nitrogen and oxygen atoms in total. The SMILES string of the molecule is Cc1cc(C(O)Cc2ccc3ccccc3c2)ccc1Cl. The van der Waals surface area contributed by atoms with Gasteiger partial charge in [0, 0.05) is 11.4 Å². The maximum atomic E-state index is 10.4. The summed E-state index contributed by atoms with van der Waals surface area (Å²) in [5, 5.41) is 13.6. The summed E-state index contributed by atoms with van der Waals surface area (Å²) in [6.45, 7) is 1.95. The Morgan fingerprint density at radius 3 is 2.48 bits per heavy atom. The van der Waals surface area contributed by atoms with Crippen LogP contribution in [0.1, 0.15) is 22.8 Å². The summed E-state index contributed by atoms with van der Waals surface area (Å²) in [5.41, 5.74) is 3.03. The van der Waals surface area contributed by atoms with E-state index >= 15 is 0 Å². The van der Waals surface area contributed by atoms with Crippen LogP contribution in [-0.4, -0.2) is 5.11 Å². The Morgan fingerprint density at radius 1 is 0.952 bits per heavy atom. The van der Waals surface area contributed by atoms with E-state index in [0.29, 0.717) is 6.42 Å². The largest absolute Gasteiger partial charge is 0.388 e. The van der Waals surface area contributed by atoms with Crippen molar-refractivity contribution in [1.82, 2.24) is 0 Å². The van der Waals surface area contributed by atoms with Gasteiger partial charge in [-0.15, -0.1) is 0 Å². The van der Waals surface area contributed by atoms with Gasteiger partial charge in [0.25, 0.3) is 0 Å². The van der Waals surface area contributed by atoms with Crippen molar-refractivity contribution in [1.29, 1.82) is 0 Å². The topological polar surface area (TPSA) is 20.2 Å². The first-order valence-electron chi connectivity index (χ1n) is 7.05. The van der Waals surface area contributed by atoms with Gasteiger partial charge in [-0.2, -0.15) is 0 Å². The molecule has 0 aromatic heterocycles. The number of hydrogen-bond acceptors (Lipinski definition) is 1. The van der Waals surface area contributed by atoms with Crippen LogP contribution in [0, 0.1) is 6.92 Å². The van der Waals surface area contributed by atoms with E-state index < -0.39 is 6.10 Å². The third-order valence-electron chi connectivity index (χ3n) is 3.81. The maximum absolute atomic E-state index is 10.4. The van der Waals surface area contributed by atoms with E-state index in [0.717, 1.165) is 21.7 Å². The maximum Gasteiger partial charge on any atom is 0.0830 e. The summed E-state index contributed by atoms with van der Waals surface area (Å²) < 4.78 is 0. The fraction of sp³-hybridized carbons (Fsp3) is 0.158. The fourth-order valence-corrected chi connectivity index (χ4v) is 2.70. The van der Waals surface area contributed by atoms with Crippen LogP contribution in [0.2, 0.25) is 5.02 Å². The minimum atomic E-state index is -0.512. The first-order chi connectivity index (χ1) is 10.1. The number of aliphatic hydroxyl groups excluding tert-OH is 1. The zero-order chi connectivity index (χ0) is 14.8. The predicted molar refractivity (Wildman–Crippen MR) is 88.8 cm³/mol. The van der Waals surface area contributed by atoms with Gasteiger partial charge in [-0.1, -0.05) is 66.2 Å². The smallest absolute Gasteiger partial charge is 0.0830 e. The summed E-state index contributed by atoms with van der Waals surface area (Å²) in [4.78, 5) is 0. The van der Waals surface area contributed by atoms with Crippen LogP contribution >= 0.6 is 11.6 Å². The van der Waals surface area contributed by atoms with Crippen LogP contribution in [0.3, 0.4) is 0 Å². The molecule has 2 heteroatoms. The molecule has 3 rings (SSSR count). The molecule has 0 fully saturated rings. The molecule has 0 amide bonds. The second-order valence-corrected chi connectivity index (χ2v) is 5.82. The average molecular weight is 297 g/mol. The Balaban J connectivity index is 1.85. The van der Waals surface area contributed by atoms with E-state index in [1.54, 1.807) is 0 Å². The Kier molecular flexibility index (Phi) is 3.96. The molecule has 0 aliphatic carbocycles. The molecule has 0 aliphatic rings. The van der Waals surface area contributed by atoms with E-state index in [-0.39, 0.29) is 0 Å². The lowest BCUT2D eigenvalue weighted by Crippen LogP contribution is -2.02. The van der Waals surface area contributed by atoms with Crippen LogP contribution < -0.4 is 0 Å². The molecule has 0 radical (unpaired) electrons. The zero-order valence-electron chi connectivity index (χ0n) is 11.9. The van der Waals surface area contributed by atoms with Crippen molar-refractivity contribution in [3.05, 3.63) is 82.4 Å². The molecule has 21 heavy (non-hydrogen) atoms. The number of fused-ring (bicyclic) bond motifs is 1. The van der Waals surface area contributed by atoms with Gasteiger partial charge in [-0.05, 0) is 40.5 Å². The van der Waals surface area contributed by atoms with Gasteiger partial charge in [0.15, 0.2) is 0 Å². The van der Waals surface area contributed by atoms with Crippen molar-refractivity contribution in [2.75, 3.05) is 0 Å². The molecule has 0 heterocycles. The van der Waals surface area contributed by atoms with E-state index in [1.165, 1.54) is 10.8 Å². The summed E-state index contributed by atoms with van der Waals surface area (Å²) >= 11 is 6.03. The molecule has 0 spiro atoms. The molecule has 3 aromatic rings.